The summed E-state index contributed by atoms with van der Waals surface area (Å²) in [5.74, 6) is -0.354. The Morgan fingerprint density at radius 2 is 2.44 bits per heavy atom. The summed E-state index contributed by atoms with van der Waals surface area (Å²) in [6.07, 6.45) is 4.42. The molecular formula is C11H14N2O3. The number of carbonyl (C=O) groups is 1. The van der Waals surface area contributed by atoms with Crippen LogP contribution in [0.25, 0.3) is 0 Å². The summed E-state index contributed by atoms with van der Waals surface area (Å²) in [5, 5.41) is 18.7. The molecule has 2 heterocycles. The van der Waals surface area contributed by atoms with Gasteiger partial charge in [0.25, 0.3) is 5.91 Å². The number of rotatable bonds is 2. The van der Waals surface area contributed by atoms with Gasteiger partial charge in [0.05, 0.1) is 24.4 Å². The van der Waals surface area contributed by atoms with Crippen molar-refractivity contribution >= 4 is 5.91 Å². The molecule has 0 bridgehead atoms. The highest BCUT2D eigenvalue weighted by molar-refractivity contribution is 5.96. The van der Waals surface area contributed by atoms with Crippen LogP contribution in [0.1, 0.15) is 23.2 Å². The summed E-state index contributed by atoms with van der Waals surface area (Å²) >= 11 is 0. The van der Waals surface area contributed by atoms with Crippen LogP contribution in [0.4, 0.5) is 0 Å². The number of aromatic nitrogens is 1. The summed E-state index contributed by atoms with van der Waals surface area (Å²) in [6, 6.07) is 1.37. The molecule has 1 aromatic rings. The lowest BCUT2D eigenvalue weighted by molar-refractivity contribution is 0.0674. The van der Waals surface area contributed by atoms with E-state index < -0.39 is 0 Å². The van der Waals surface area contributed by atoms with Crippen LogP contribution in [0.2, 0.25) is 0 Å². The third kappa shape index (κ3) is 1.86. The largest absolute Gasteiger partial charge is 0.505 e. The second-order valence-electron chi connectivity index (χ2n) is 3.87. The highest BCUT2D eigenvalue weighted by Gasteiger charge is 2.29. The van der Waals surface area contributed by atoms with Gasteiger partial charge in [-0.15, -0.1) is 0 Å². The Kier molecular flexibility index (Phi) is 3.05. The van der Waals surface area contributed by atoms with E-state index >= 15 is 0 Å². The maximum absolute atomic E-state index is 12.1. The third-order valence-electron chi connectivity index (χ3n) is 2.88. The maximum Gasteiger partial charge on any atom is 0.258 e. The molecule has 0 spiro atoms. The normalized spacial score (nSPS) is 20.1. The molecule has 0 saturated carbocycles. The predicted molar refractivity (Wildman–Crippen MR) is 57.0 cm³/mol. The van der Waals surface area contributed by atoms with Crippen LogP contribution in [0.15, 0.2) is 18.5 Å². The second kappa shape index (κ2) is 4.49. The molecule has 0 radical (unpaired) electrons. The van der Waals surface area contributed by atoms with E-state index in [0.29, 0.717) is 6.54 Å². The van der Waals surface area contributed by atoms with E-state index in [4.69, 9.17) is 5.11 Å². The molecule has 1 saturated heterocycles. The van der Waals surface area contributed by atoms with Crippen LogP contribution in [0.3, 0.4) is 0 Å². The number of carbonyl (C=O) groups excluding carboxylic acids is 1. The van der Waals surface area contributed by atoms with Crippen LogP contribution in [-0.2, 0) is 0 Å². The molecule has 1 amide bonds. The van der Waals surface area contributed by atoms with Crippen molar-refractivity contribution in [2.75, 3.05) is 13.2 Å². The zero-order valence-electron chi connectivity index (χ0n) is 8.83. The number of aliphatic hydroxyl groups excluding tert-OH is 1. The predicted octanol–water partition coefficient (Wildman–Crippen LogP) is 0.384. The molecule has 86 valence electrons. The van der Waals surface area contributed by atoms with Crippen molar-refractivity contribution in [2.45, 2.75) is 18.9 Å². The first-order chi connectivity index (χ1) is 7.74. The average molecular weight is 222 g/mol. The number of nitrogens with zero attached hydrogens (tertiary/aromatic N) is 2. The zero-order valence-corrected chi connectivity index (χ0v) is 8.83. The van der Waals surface area contributed by atoms with Gasteiger partial charge in [-0.25, -0.2) is 0 Å². The van der Waals surface area contributed by atoms with Crippen LogP contribution in [0.5, 0.6) is 5.75 Å². The van der Waals surface area contributed by atoms with Gasteiger partial charge in [0.2, 0.25) is 0 Å². The number of aliphatic hydroxyl groups is 1. The summed E-state index contributed by atoms with van der Waals surface area (Å²) in [5.41, 5.74) is 0.246. The fourth-order valence-corrected chi connectivity index (χ4v) is 2.01. The van der Waals surface area contributed by atoms with Crippen molar-refractivity contribution < 1.29 is 15.0 Å². The highest BCUT2D eigenvalue weighted by Crippen LogP contribution is 2.23. The Labute approximate surface area is 93.3 Å². The first-order valence-electron chi connectivity index (χ1n) is 5.29. The van der Waals surface area contributed by atoms with Gasteiger partial charge in [0.15, 0.2) is 0 Å². The number of pyridine rings is 1. The van der Waals surface area contributed by atoms with Crippen LogP contribution < -0.4 is 0 Å². The first kappa shape index (κ1) is 10.9. The van der Waals surface area contributed by atoms with Crippen LogP contribution in [-0.4, -0.2) is 45.2 Å². The third-order valence-corrected chi connectivity index (χ3v) is 2.88. The van der Waals surface area contributed by atoms with Gasteiger partial charge in [-0.1, -0.05) is 0 Å². The summed E-state index contributed by atoms with van der Waals surface area (Å²) in [4.78, 5) is 17.4. The molecule has 1 fully saturated rings. The van der Waals surface area contributed by atoms with E-state index in [1.165, 1.54) is 18.5 Å². The van der Waals surface area contributed by atoms with Crippen molar-refractivity contribution in [3.8, 4) is 5.75 Å². The standard InChI is InChI=1S/C11H14N2O3/c14-7-8-2-1-5-13(8)11(16)9-3-4-12-6-10(9)15/h3-4,6,8,14-15H,1-2,5,7H2/t8-/m1/s1. The molecule has 2 N–H and O–H groups in total. The maximum atomic E-state index is 12.1. The van der Waals surface area contributed by atoms with Crippen LogP contribution >= 0.6 is 0 Å². The van der Waals surface area contributed by atoms with E-state index in [9.17, 15) is 9.90 Å². The van der Waals surface area contributed by atoms with Crippen LogP contribution in [0, 0.1) is 0 Å². The van der Waals surface area contributed by atoms with E-state index in [1.54, 1.807) is 4.90 Å². The summed E-state index contributed by atoms with van der Waals surface area (Å²) < 4.78 is 0. The number of aromatic hydroxyl groups is 1. The van der Waals surface area contributed by atoms with Crippen molar-refractivity contribution in [3.63, 3.8) is 0 Å². The Morgan fingerprint density at radius 3 is 3.12 bits per heavy atom. The summed E-state index contributed by atoms with van der Waals surface area (Å²) in [6.45, 7) is 0.601. The lowest BCUT2D eigenvalue weighted by Gasteiger charge is -2.23. The topological polar surface area (TPSA) is 73.7 Å². The average Bonchev–Trinajstić information content (AvgIpc) is 2.77. The van der Waals surface area contributed by atoms with Gasteiger partial charge in [0, 0.05) is 12.7 Å². The van der Waals surface area contributed by atoms with E-state index in [-0.39, 0.29) is 29.9 Å². The molecule has 16 heavy (non-hydrogen) atoms. The minimum atomic E-state index is -0.239. The quantitative estimate of drug-likeness (QED) is 0.759. The molecule has 0 aliphatic carbocycles. The highest BCUT2D eigenvalue weighted by atomic mass is 16.3. The van der Waals surface area contributed by atoms with E-state index in [1.807, 2.05) is 0 Å². The van der Waals surface area contributed by atoms with Gasteiger partial charge in [0.1, 0.15) is 5.75 Å². The lowest BCUT2D eigenvalue weighted by Crippen LogP contribution is -2.37. The molecule has 1 aliphatic rings. The Bertz CT molecular complexity index is 395. The molecule has 0 unspecified atom stereocenters. The second-order valence-corrected chi connectivity index (χ2v) is 3.87. The molecular weight excluding hydrogens is 208 g/mol. The van der Waals surface area contributed by atoms with Crippen molar-refractivity contribution in [2.24, 2.45) is 0 Å². The van der Waals surface area contributed by atoms with Crippen molar-refractivity contribution in [1.82, 2.24) is 9.88 Å². The van der Waals surface area contributed by atoms with Gasteiger partial charge in [-0.2, -0.15) is 0 Å². The fourth-order valence-electron chi connectivity index (χ4n) is 2.01. The molecule has 0 aromatic carbocycles. The van der Waals surface area contributed by atoms with Crippen molar-refractivity contribution in [1.29, 1.82) is 0 Å². The summed E-state index contributed by atoms with van der Waals surface area (Å²) in [7, 11) is 0. The number of amides is 1. The number of hydrogen-bond donors (Lipinski definition) is 2. The number of likely N-dealkylation sites (tertiary alicyclic amines) is 1. The Balaban J connectivity index is 2.22. The van der Waals surface area contributed by atoms with E-state index in [0.717, 1.165) is 12.8 Å². The smallest absolute Gasteiger partial charge is 0.258 e. The monoisotopic (exact) mass is 222 g/mol. The van der Waals surface area contributed by atoms with E-state index in [2.05, 4.69) is 4.98 Å². The fraction of sp³-hybridized carbons (Fsp3) is 0.455. The number of hydrogen-bond acceptors (Lipinski definition) is 4. The van der Waals surface area contributed by atoms with Gasteiger partial charge in [-0.05, 0) is 18.9 Å². The SMILES string of the molecule is O=C(c1ccncc1O)N1CCC[C@@H]1CO. The molecule has 1 aromatic heterocycles. The van der Waals surface area contributed by atoms with Crippen molar-refractivity contribution in [3.05, 3.63) is 24.0 Å². The Morgan fingerprint density at radius 1 is 1.62 bits per heavy atom. The van der Waals surface area contributed by atoms with Gasteiger partial charge >= 0.3 is 0 Å². The van der Waals surface area contributed by atoms with Gasteiger partial charge in [-0.3, -0.25) is 9.78 Å². The lowest BCUT2D eigenvalue weighted by atomic mass is 10.2. The molecule has 1 atom stereocenters. The molecule has 2 rings (SSSR count). The molecule has 1 aliphatic heterocycles. The first-order valence-corrected chi connectivity index (χ1v) is 5.29. The zero-order chi connectivity index (χ0) is 11.5. The minimum absolute atomic E-state index is 0.0302. The molecule has 5 heteroatoms. The minimum Gasteiger partial charge on any atom is -0.505 e. The molecule has 5 nitrogen and oxygen atoms in total. The van der Waals surface area contributed by atoms with Gasteiger partial charge < -0.3 is 15.1 Å². The Hall–Kier alpha value is -1.62.